The highest BCUT2D eigenvalue weighted by Crippen LogP contribution is 2.20. The van der Waals surface area contributed by atoms with Gasteiger partial charge in [-0.15, -0.1) is 0 Å². The Morgan fingerprint density at radius 2 is 1.65 bits per heavy atom. The molecule has 20 heavy (non-hydrogen) atoms. The molecule has 102 valence electrons. The fourth-order valence-electron chi connectivity index (χ4n) is 2.21. The van der Waals surface area contributed by atoms with Crippen LogP contribution < -0.4 is 5.73 Å². The van der Waals surface area contributed by atoms with Crippen molar-refractivity contribution in [2.45, 2.75) is 13.3 Å². The van der Waals surface area contributed by atoms with Crippen LogP contribution in [0.4, 0.5) is 0 Å². The molecule has 0 heterocycles. The molecule has 2 rings (SSSR count). The van der Waals surface area contributed by atoms with Crippen molar-refractivity contribution in [3.8, 4) is 11.1 Å². The van der Waals surface area contributed by atoms with Gasteiger partial charge in [0.1, 0.15) is 0 Å². The normalized spacial score (nSPS) is 12.4. The van der Waals surface area contributed by atoms with Gasteiger partial charge in [-0.25, -0.2) is 0 Å². The predicted octanol–water partition coefficient (Wildman–Crippen LogP) is 3.57. The van der Waals surface area contributed by atoms with Gasteiger partial charge in [0.25, 0.3) is 0 Å². The molecule has 0 aliphatic carbocycles. The molecule has 2 aromatic rings. The van der Waals surface area contributed by atoms with Gasteiger partial charge in [-0.1, -0.05) is 66.7 Å². The second-order valence-electron chi connectivity index (χ2n) is 4.80. The van der Waals surface area contributed by atoms with E-state index in [4.69, 9.17) is 5.73 Å². The van der Waals surface area contributed by atoms with Gasteiger partial charge < -0.3 is 5.73 Å². The number of nitrogens with two attached hydrogens (primary N) is 1. The topological polar surface area (TPSA) is 43.1 Å². The van der Waals surface area contributed by atoms with Crippen LogP contribution in [0.1, 0.15) is 12.5 Å². The molecule has 1 unspecified atom stereocenters. The minimum absolute atomic E-state index is 0.234. The fourth-order valence-corrected chi connectivity index (χ4v) is 2.21. The average molecular weight is 265 g/mol. The van der Waals surface area contributed by atoms with E-state index in [1.54, 1.807) is 0 Å². The first-order valence-corrected chi connectivity index (χ1v) is 6.77. The Morgan fingerprint density at radius 1 is 1.05 bits per heavy atom. The Labute approximate surface area is 119 Å². The molecule has 2 aromatic carbocycles. The molecule has 0 aromatic heterocycles. The summed E-state index contributed by atoms with van der Waals surface area (Å²) in [4.78, 5) is 11.4. The molecular weight excluding hydrogens is 246 g/mol. The van der Waals surface area contributed by atoms with E-state index in [1.165, 1.54) is 11.1 Å². The molecule has 1 atom stereocenters. The zero-order chi connectivity index (χ0) is 14.4. The van der Waals surface area contributed by atoms with Crippen LogP contribution in [-0.2, 0) is 11.2 Å². The van der Waals surface area contributed by atoms with Crippen LogP contribution in [0.5, 0.6) is 0 Å². The number of allylic oxidation sites excluding steroid dienone is 1. The average Bonchev–Trinajstić information content (AvgIpc) is 2.48. The first-order valence-electron chi connectivity index (χ1n) is 6.77. The monoisotopic (exact) mass is 265 g/mol. The fraction of sp³-hybridized carbons (Fsp3) is 0.167. The van der Waals surface area contributed by atoms with Crippen molar-refractivity contribution in [2.75, 3.05) is 0 Å². The summed E-state index contributed by atoms with van der Waals surface area (Å²) in [6.45, 7) is 1.90. The van der Waals surface area contributed by atoms with E-state index in [0.29, 0.717) is 6.42 Å². The summed E-state index contributed by atoms with van der Waals surface area (Å²) in [7, 11) is 0. The lowest BCUT2D eigenvalue weighted by molar-refractivity contribution is -0.120. The first kappa shape index (κ1) is 14.1. The van der Waals surface area contributed by atoms with Crippen LogP contribution >= 0.6 is 0 Å². The zero-order valence-corrected chi connectivity index (χ0v) is 11.6. The van der Waals surface area contributed by atoms with Gasteiger partial charge in [-0.05, 0) is 30.0 Å². The van der Waals surface area contributed by atoms with Gasteiger partial charge in [0, 0.05) is 0 Å². The molecule has 0 saturated heterocycles. The molecule has 0 radical (unpaired) electrons. The standard InChI is InChI=1S/C18H19NO/c1-2-6-17(18(19)20)13-14-9-11-16(12-10-14)15-7-4-3-5-8-15/h2-12,17H,13H2,1H3,(H2,19,20). The van der Waals surface area contributed by atoms with E-state index in [-0.39, 0.29) is 11.8 Å². The Bertz CT molecular complexity index is 585. The van der Waals surface area contributed by atoms with Crippen molar-refractivity contribution < 1.29 is 4.79 Å². The number of carbonyl (C=O) groups is 1. The number of hydrogen-bond acceptors (Lipinski definition) is 1. The van der Waals surface area contributed by atoms with E-state index in [1.807, 2.05) is 37.3 Å². The lowest BCUT2D eigenvalue weighted by atomic mass is 9.96. The number of amides is 1. The molecule has 2 nitrogen and oxygen atoms in total. The van der Waals surface area contributed by atoms with E-state index in [2.05, 4.69) is 36.4 Å². The van der Waals surface area contributed by atoms with Crippen LogP contribution in [0, 0.1) is 5.92 Å². The van der Waals surface area contributed by atoms with Crippen LogP contribution in [0.25, 0.3) is 11.1 Å². The van der Waals surface area contributed by atoms with Crippen molar-refractivity contribution in [1.29, 1.82) is 0 Å². The molecule has 0 spiro atoms. The van der Waals surface area contributed by atoms with Crippen LogP contribution in [0.2, 0.25) is 0 Å². The first-order chi connectivity index (χ1) is 9.70. The lowest BCUT2D eigenvalue weighted by Gasteiger charge is -2.09. The maximum atomic E-state index is 11.4. The molecule has 1 amide bonds. The maximum absolute atomic E-state index is 11.4. The summed E-state index contributed by atoms with van der Waals surface area (Å²) in [6.07, 6.45) is 4.37. The molecule has 0 saturated carbocycles. The van der Waals surface area contributed by atoms with Gasteiger partial charge in [-0.2, -0.15) is 0 Å². The summed E-state index contributed by atoms with van der Waals surface area (Å²) in [5, 5.41) is 0. The highest BCUT2D eigenvalue weighted by Gasteiger charge is 2.12. The highest BCUT2D eigenvalue weighted by atomic mass is 16.1. The van der Waals surface area contributed by atoms with Crippen molar-refractivity contribution in [3.63, 3.8) is 0 Å². The number of carbonyl (C=O) groups excluding carboxylic acids is 1. The zero-order valence-electron chi connectivity index (χ0n) is 11.6. The Balaban J connectivity index is 2.14. The largest absolute Gasteiger partial charge is 0.369 e. The molecule has 0 aliphatic rings. The highest BCUT2D eigenvalue weighted by molar-refractivity contribution is 5.78. The summed E-state index contributed by atoms with van der Waals surface area (Å²) in [6, 6.07) is 18.5. The van der Waals surface area contributed by atoms with Crippen LogP contribution in [-0.4, -0.2) is 5.91 Å². The van der Waals surface area contributed by atoms with Crippen LogP contribution in [0.3, 0.4) is 0 Å². The third kappa shape index (κ3) is 3.58. The Kier molecular flexibility index (Phi) is 4.72. The van der Waals surface area contributed by atoms with Crippen molar-refractivity contribution in [3.05, 3.63) is 72.3 Å². The number of primary amides is 1. The summed E-state index contributed by atoms with van der Waals surface area (Å²) in [5.41, 5.74) is 8.89. The van der Waals surface area contributed by atoms with Gasteiger partial charge in [0.05, 0.1) is 5.92 Å². The van der Waals surface area contributed by atoms with Crippen molar-refractivity contribution in [1.82, 2.24) is 0 Å². The van der Waals surface area contributed by atoms with Gasteiger partial charge in [-0.3, -0.25) is 4.79 Å². The van der Waals surface area contributed by atoms with Gasteiger partial charge in [0.2, 0.25) is 5.91 Å². The third-order valence-corrected chi connectivity index (χ3v) is 3.31. The Morgan fingerprint density at radius 3 is 2.20 bits per heavy atom. The molecule has 0 fully saturated rings. The van der Waals surface area contributed by atoms with Crippen molar-refractivity contribution in [2.24, 2.45) is 11.7 Å². The number of hydrogen-bond donors (Lipinski definition) is 1. The summed E-state index contributed by atoms with van der Waals surface area (Å²) < 4.78 is 0. The van der Waals surface area contributed by atoms with E-state index in [9.17, 15) is 4.79 Å². The SMILES string of the molecule is CC=CC(Cc1ccc(-c2ccccc2)cc1)C(N)=O. The van der Waals surface area contributed by atoms with Crippen LogP contribution in [0.15, 0.2) is 66.7 Å². The lowest BCUT2D eigenvalue weighted by Crippen LogP contribution is -2.23. The minimum atomic E-state index is -0.282. The quantitative estimate of drug-likeness (QED) is 0.825. The molecular formula is C18H19NO. The molecule has 2 heteroatoms. The third-order valence-electron chi connectivity index (χ3n) is 3.31. The maximum Gasteiger partial charge on any atom is 0.224 e. The van der Waals surface area contributed by atoms with Gasteiger partial charge >= 0.3 is 0 Å². The summed E-state index contributed by atoms with van der Waals surface area (Å²) in [5.74, 6) is -0.516. The number of benzene rings is 2. The van der Waals surface area contributed by atoms with E-state index < -0.39 is 0 Å². The minimum Gasteiger partial charge on any atom is -0.369 e. The molecule has 0 bridgehead atoms. The molecule has 0 aliphatic heterocycles. The summed E-state index contributed by atoms with van der Waals surface area (Å²) >= 11 is 0. The Hall–Kier alpha value is -2.35. The van der Waals surface area contributed by atoms with Crippen molar-refractivity contribution >= 4 is 5.91 Å². The number of rotatable bonds is 5. The van der Waals surface area contributed by atoms with E-state index in [0.717, 1.165) is 5.56 Å². The smallest absolute Gasteiger partial charge is 0.224 e. The second-order valence-corrected chi connectivity index (χ2v) is 4.80. The second kappa shape index (κ2) is 6.71. The van der Waals surface area contributed by atoms with E-state index >= 15 is 0 Å². The predicted molar refractivity (Wildman–Crippen MR) is 83.1 cm³/mol. The van der Waals surface area contributed by atoms with Gasteiger partial charge in [0.15, 0.2) is 0 Å². The molecule has 2 N–H and O–H groups in total.